The number of amides is 2. The van der Waals surface area contributed by atoms with E-state index in [4.69, 9.17) is 0 Å². The molecule has 0 bridgehead atoms. The van der Waals surface area contributed by atoms with Crippen molar-refractivity contribution in [1.82, 2.24) is 20.4 Å². The predicted molar refractivity (Wildman–Crippen MR) is 108 cm³/mol. The first-order valence-electron chi connectivity index (χ1n) is 8.71. The maximum atomic E-state index is 12.0. The fraction of sp³-hybridized carbons (Fsp3) is 0.158. The first kappa shape index (κ1) is 19.7. The second-order valence-corrected chi connectivity index (χ2v) is 6.31. The van der Waals surface area contributed by atoms with Gasteiger partial charge in [0, 0.05) is 11.8 Å². The lowest BCUT2D eigenvalue weighted by molar-refractivity contribution is -0.384. The normalized spacial score (nSPS) is 11.2. The monoisotopic (exact) mass is 393 g/mol. The number of carbonyl (C=O) groups excluding carboxylic acids is 1. The summed E-state index contributed by atoms with van der Waals surface area (Å²) in [5, 5.41) is 26.0. The molecular weight excluding hydrogens is 374 g/mol. The molecule has 2 aromatic carbocycles. The summed E-state index contributed by atoms with van der Waals surface area (Å²) in [5.74, 6) is 0. The van der Waals surface area contributed by atoms with Crippen LogP contribution in [0.15, 0.2) is 53.6 Å². The number of nitro benzene ring substituents is 1. The number of para-hydroxylation sites is 2. The predicted octanol–water partition coefficient (Wildman–Crippen LogP) is 3.34. The molecule has 0 atom stereocenters. The molecule has 29 heavy (non-hydrogen) atoms. The Labute approximate surface area is 166 Å². The van der Waals surface area contributed by atoms with Crippen molar-refractivity contribution < 1.29 is 9.72 Å². The highest BCUT2D eigenvalue weighted by molar-refractivity contribution is 5.99. The van der Waals surface area contributed by atoms with Crippen molar-refractivity contribution in [2.75, 3.05) is 5.32 Å². The van der Waals surface area contributed by atoms with E-state index in [1.165, 1.54) is 10.7 Å². The summed E-state index contributed by atoms with van der Waals surface area (Å²) in [6.07, 6.45) is 0. The van der Waals surface area contributed by atoms with Crippen LogP contribution in [0, 0.1) is 24.0 Å². The number of benzene rings is 2. The summed E-state index contributed by atoms with van der Waals surface area (Å²) in [7, 11) is 0. The van der Waals surface area contributed by atoms with Crippen LogP contribution in [-0.4, -0.2) is 31.7 Å². The van der Waals surface area contributed by atoms with Gasteiger partial charge in [-0.1, -0.05) is 29.5 Å². The fourth-order valence-corrected chi connectivity index (χ4v) is 2.76. The number of hydrogen-bond donors (Lipinski definition) is 2. The Hall–Kier alpha value is -4.08. The number of rotatable bonds is 5. The zero-order valence-electron chi connectivity index (χ0n) is 16.1. The Morgan fingerprint density at radius 2 is 1.93 bits per heavy atom. The summed E-state index contributed by atoms with van der Waals surface area (Å²) in [6, 6.07) is 13.1. The van der Waals surface area contributed by atoms with Crippen molar-refractivity contribution >= 4 is 23.1 Å². The smallest absolute Gasteiger partial charge is 0.307 e. The summed E-state index contributed by atoms with van der Waals surface area (Å²) in [4.78, 5) is 22.8. The lowest BCUT2D eigenvalue weighted by Crippen LogP contribution is -2.25. The summed E-state index contributed by atoms with van der Waals surface area (Å²) < 4.78 is 1.37. The van der Waals surface area contributed by atoms with Crippen LogP contribution in [0.5, 0.6) is 0 Å². The molecule has 10 heteroatoms. The topological polar surface area (TPSA) is 127 Å². The number of hydrogen-bond acceptors (Lipinski definition) is 6. The molecule has 0 aliphatic carbocycles. The molecule has 0 aliphatic rings. The van der Waals surface area contributed by atoms with Crippen molar-refractivity contribution in [2.24, 2.45) is 5.10 Å². The Balaban J connectivity index is 1.78. The second kappa shape index (κ2) is 8.30. The van der Waals surface area contributed by atoms with Crippen molar-refractivity contribution in [3.8, 4) is 5.69 Å². The van der Waals surface area contributed by atoms with Gasteiger partial charge in [-0.15, -0.1) is 5.10 Å². The molecular formula is C19H19N7O3. The van der Waals surface area contributed by atoms with Crippen molar-refractivity contribution in [2.45, 2.75) is 20.8 Å². The van der Waals surface area contributed by atoms with Gasteiger partial charge >= 0.3 is 6.03 Å². The van der Waals surface area contributed by atoms with E-state index in [1.54, 1.807) is 38.1 Å². The number of aromatic nitrogens is 3. The second-order valence-electron chi connectivity index (χ2n) is 6.31. The van der Waals surface area contributed by atoms with E-state index >= 15 is 0 Å². The van der Waals surface area contributed by atoms with Gasteiger partial charge in [0.25, 0.3) is 5.69 Å². The number of carbonyl (C=O) groups is 1. The number of hydrazone groups is 1. The van der Waals surface area contributed by atoms with Crippen LogP contribution in [-0.2, 0) is 0 Å². The van der Waals surface area contributed by atoms with Crippen LogP contribution in [0.25, 0.3) is 5.69 Å². The zero-order valence-corrected chi connectivity index (χ0v) is 16.1. The lowest BCUT2D eigenvalue weighted by Gasteiger charge is -2.06. The molecule has 0 aliphatic heterocycles. The van der Waals surface area contributed by atoms with Crippen LogP contribution in [0.2, 0.25) is 0 Å². The SMILES string of the molecule is C/C(=N/NC(=O)Nc1cccc(C)c1)c1nnn(-c2ccccc2[N+](=O)[O-])c1C. The Bertz CT molecular complexity index is 1100. The minimum Gasteiger partial charge on any atom is -0.307 e. The molecule has 0 fully saturated rings. The molecule has 1 heterocycles. The quantitative estimate of drug-likeness (QED) is 0.390. The lowest BCUT2D eigenvalue weighted by atomic mass is 10.2. The molecule has 0 unspecified atom stereocenters. The minimum absolute atomic E-state index is 0.0858. The number of nitrogens with one attached hydrogen (secondary N) is 2. The van der Waals surface area contributed by atoms with Gasteiger partial charge in [-0.3, -0.25) is 10.1 Å². The highest BCUT2D eigenvalue weighted by Gasteiger charge is 2.20. The number of aryl methyl sites for hydroxylation is 1. The van der Waals surface area contributed by atoms with Crippen molar-refractivity contribution in [1.29, 1.82) is 0 Å². The van der Waals surface area contributed by atoms with Crippen LogP contribution >= 0.6 is 0 Å². The average molecular weight is 393 g/mol. The Morgan fingerprint density at radius 1 is 1.17 bits per heavy atom. The van der Waals surface area contributed by atoms with Crippen molar-refractivity contribution in [3.05, 3.63) is 75.6 Å². The van der Waals surface area contributed by atoms with E-state index < -0.39 is 11.0 Å². The third-order valence-corrected chi connectivity index (χ3v) is 4.14. The average Bonchev–Trinajstić information content (AvgIpc) is 3.07. The highest BCUT2D eigenvalue weighted by atomic mass is 16.6. The molecule has 3 aromatic rings. The summed E-state index contributed by atoms with van der Waals surface area (Å²) in [6.45, 7) is 5.31. The Morgan fingerprint density at radius 3 is 2.66 bits per heavy atom. The maximum absolute atomic E-state index is 12.0. The van der Waals surface area contributed by atoms with Gasteiger partial charge in [-0.2, -0.15) is 5.10 Å². The minimum atomic E-state index is -0.501. The molecule has 148 valence electrons. The van der Waals surface area contributed by atoms with Crippen LogP contribution < -0.4 is 10.7 Å². The molecule has 3 rings (SSSR count). The standard InChI is InChI=1S/C19H19N7O3/c1-12-7-6-8-15(11-12)20-19(27)23-21-13(2)18-14(3)25(24-22-18)16-9-4-5-10-17(16)26(28)29/h4-11H,1-3H3,(H2,20,23,27)/b21-13-. The zero-order chi connectivity index (χ0) is 21.0. The Kier molecular flexibility index (Phi) is 5.63. The molecule has 0 saturated heterocycles. The molecule has 0 saturated carbocycles. The molecule has 2 N–H and O–H groups in total. The molecule has 0 radical (unpaired) electrons. The van der Waals surface area contributed by atoms with E-state index in [2.05, 4.69) is 26.2 Å². The maximum Gasteiger partial charge on any atom is 0.339 e. The van der Waals surface area contributed by atoms with Gasteiger partial charge in [0.15, 0.2) is 0 Å². The molecule has 10 nitrogen and oxygen atoms in total. The number of nitrogens with zero attached hydrogens (tertiary/aromatic N) is 5. The van der Waals surface area contributed by atoms with Crippen molar-refractivity contribution in [3.63, 3.8) is 0 Å². The van der Waals surface area contributed by atoms with Gasteiger partial charge in [-0.25, -0.2) is 14.9 Å². The summed E-state index contributed by atoms with van der Waals surface area (Å²) >= 11 is 0. The van der Waals surface area contributed by atoms with Crippen LogP contribution in [0.1, 0.15) is 23.9 Å². The third kappa shape index (κ3) is 4.43. The van der Waals surface area contributed by atoms with E-state index in [0.29, 0.717) is 28.5 Å². The summed E-state index contributed by atoms with van der Waals surface area (Å²) in [5.41, 5.74) is 5.67. The van der Waals surface area contributed by atoms with E-state index in [0.717, 1.165) is 5.56 Å². The van der Waals surface area contributed by atoms with Gasteiger partial charge in [0.2, 0.25) is 0 Å². The van der Waals surface area contributed by atoms with E-state index in [9.17, 15) is 14.9 Å². The number of anilines is 1. The van der Waals surface area contributed by atoms with Gasteiger partial charge < -0.3 is 5.32 Å². The third-order valence-electron chi connectivity index (χ3n) is 4.14. The van der Waals surface area contributed by atoms with Crippen LogP contribution in [0.3, 0.4) is 0 Å². The van der Waals surface area contributed by atoms with Gasteiger partial charge in [0.05, 0.1) is 16.3 Å². The number of nitro groups is 1. The largest absolute Gasteiger partial charge is 0.339 e. The number of urea groups is 1. The molecule has 1 aromatic heterocycles. The molecule has 2 amide bonds. The van der Waals surface area contributed by atoms with E-state index in [-0.39, 0.29) is 5.69 Å². The van der Waals surface area contributed by atoms with Gasteiger partial charge in [0.1, 0.15) is 11.4 Å². The highest BCUT2D eigenvalue weighted by Crippen LogP contribution is 2.23. The molecule has 0 spiro atoms. The van der Waals surface area contributed by atoms with Gasteiger partial charge in [-0.05, 0) is 44.5 Å². The van der Waals surface area contributed by atoms with Crippen LogP contribution in [0.4, 0.5) is 16.2 Å². The first-order valence-corrected chi connectivity index (χ1v) is 8.71. The van der Waals surface area contributed by atoms with E-state index in [1.807, 2.05) is 25.1 Å². The fourth-order valence-electron chi connectivity index (χ4n) is 2.76. The first-order chi connectivity index (χ1) is 13.9.